The van der Waals surface area contributed by atoms with Gasteiger partial charge in [-0.05, 0) is 43.4 Å². The fourth-order valence-corrected chi connectivity index (χ4v) is 3.64. The normalized spacial score (nSPS) is 29.2. The summed E-state index contributed by atoms with van der Waals surface area (Å²) in [6.45, 7) is 4.51. The van der Waals surface area contributed by atoms with Crippen molar-refractivity contribution in [1.29, 1.82) is 0 Å². The highest BCUT2D eigenvalue weighted by molar-refractivity contribution is 5.20. The summed E-state index contributed by atoms with van der Waals surface area (Å²) in [6, 6.07) is 8.87. The number of hydrogen-bond acceptors (Lipinski definition) is 2. The smallest absolute Gasteiger partial charge is 0.123 e. The Bertz CT molecular complexity index is 417. The molecule has 1 N–H and O–H groups in total. The Hall–Kier alpha value is -0.930. The Morgan fingerprint density at radius 1 is 1.21 bits per heavy atom. The molecule has 2 heterocycles. The van der Waals surface area contributed by atoms with Crippen LogP contribution in [0.25, 0.3) is 0 Å². The van der Waals surface area contributed by atoms with Crippen molar-refractivity contribution >= 4 is 0 Å². The van der Waals surface area contributed by atoms with E-state index in [0.29, 0.717) is 12.1 Å². The SMILES string of the molecule is CCC(c1ccc(F)cc1)N1CCC2CCC(C1)N2. The van der Waals surface area contributed by atoms with E-state index >= 15 is 0 Å². The third-order valence-electron chi connectivity index (χ3n) is 4.64. The Kier molecular flexibility index (Phi) is 3.85. The lowest BCUT2D eigenvalue weighted by molar-refractivity contribution is 0.182. The molecule has 2 aliphatic rings. The van der Waals surface area contributed by atoms with Crippen molar-refractivity contribution in [3.8, 4) is 0 Å². The van der Waals surface area contributed by atoms with E-state index in [-0.39, 0.29) is 5.82 Å². The van der Waals surface area contributed by atoms with Gasteiger partial charge in [0, 0.05) is 31.2 Å². The molecule has 19 heavy (non-hydrogen) atoms. The summed E-state index contributed by atoms with van der Waals surface area (Å²) < 4.78 is 13.1. The molecule has 3 unspecified atom stereocenters. The van der Waals surface area contributed by atoms with Crippen molar-refractivity contribution in [2.75, 3.05) is 13.1 Å². The van der Waals surface area contributed by atoms with Crippen LogP contribution < -0.4 is 5.32 Å². The van der Waals surface area contributed by atoms with Gasteiger partial charge in [-0.25, -0.2) is 4.39 Å². The summed E-state index contributed by atoms with van der Waals surface area (Å²) in [5, 5.41) is 3.72. The molecule has 104 valence electrons. The molecule has 2 saturated heterocycles. The van der Waals surface area contributed by atoms with Gasteiger partial charge in [0.25, 0.3) is 0 Å². The quantitative estimate of drug-likeness (QED) is 0.900. The third-order valence-corrected chi connectivity index (χ3v) is 4.64. The Morgan fingerprint density at radius 2 is 1.95 bits per heavy atom. The van der Waals surface area contributed by atoms with Gasteiger partial charge in [0.05, 0.1) is 0 Å². The van der Waals surface area contributed by atoms with Crippen LogP contribution in [-0.2, 0) is 0 Å². The van der Waals surface area contributed by atoms with Crippen LogP contribution in [0.3, 0.4) is 0 Å². The third kappa shape index (κ3) is 2.82. The van der Waals surface area contributed by atoms with Gasteiger partial charge in [-0.3, -0.25) is 4.90 Å². The van der Waals surface area contributed by atoms with Crippen molar-refractivity contribution in [2.24, 2.45) is 0 Å². The standard InChI is InChI=1S/C16H23FN2/c1-2-16(12-3-5-13(17)6-4-12)19-10-9-14-7-8-15(11-19)18-14/h3-6,14-16,18H,2,7-11H2,1H3. The van der Waals surface area contributed by atoms with E-state index in [4.69, 9.17) is 0 Å². The van der Waals surface area contributed by atoms with Gasteiger partial charge in [-0.1, -0.05) is 19.1 Å². The maximum Gasteiger partial charge on any atom is 0.123 e. The Labute approximate surface area is 115 Å². The number of fused-ring (bicyclic) bond motifs is 2. The van der Waals surface area contributed by atoms with Crippen LogP contribution >= 0.6 is 0 Å². The number of hydrogen-bond donors (Lipinski definition) is 1. The Morgan fingerprint density at radius 3 is 2.68 bits per heavy atom. The van der Waals surface area contributed by atoms with Gasteiger partial charge in [0.15, 0.2) is 0 Å². The van der Waals surface area contributed by atoms with Crippen LogP contribution in [0.1, 0.15) is 44.2 Å². The van der Waals surface area contributed by atoms with E-state index in [9.17, 15) is 4.39 Å². The minimum atomic E-state index is -0.143. The second kappa shape index (κ2) is 5.59. The molecule has 0 saturated carbocycles. The lowest BCUT2D eigenvalue weighted by atomic mass is 10.00. The molecule has 0 aromatic heterocycles. The predicted octanol–water partition coefficient (Wildman–Crippen LogP) is 3.10. The van der Waals surface area contributed by atoms with E-state index in [0.717, 1.165) is 25.6 Å². The number of nitrogens with zero attached hydrogens (tertiary/aromatic N) is 1. The number of likely N-dealkylation sites (tertiary alicyclic amines) is 1. The maximum atomic E-state index is 13.1. The van der Waals surface area contributed by atoms with Gasteiger partial charge < -0.3 is 5.32 Å². The highest BCUT2D eigenvalue weighted by Crippen LogP contribution is 2.29. The fraction of sp³-hybridized carbons (Fsp3) is 0.625. The number of halogens is 1. The number of benzene rings is 1. The molecule has 0 aliphatic carbocycles. The van der Waals surface area contributed by atoms with Gasteiger partial charge in [-0.15, -0.1) is 0 Å². The van der Waals surface area contributed by atoms with Crippen molar-refractivity contribution in [3.05, 3.63) is 35.6 Å². The first-order valence-electron chi connectivity index (χ1n) is 7.52. The zero-order chi connectivity index (χ0) is 13.2. The molecular formula is C16H23FN2. The van der Waals surface area contributed by atoms with E-state index in [1.165, 1.54) is 24.8 Å². The molecule has 0 amide bonds. The van der Waals surface area contributed by atoms with Crippen LogP contribution in [0.2, 0.25) is 0 Å². The lowest BCUT2D eigenvalue weighted by Gasteiger charge is -2.32. The average Bonchev–Trinajstić information content (AvgIpc) is 2.74. The molecule has 2 bridgehead atoms. The van der Waals surface area contributed by atoms with Crippen molar-refractivity contribution < 1.29 is 4.39 Å². The van der Waals surface area contributed by atoms with Gasteiger partial charge >= 0.3 is 0 Å². The first-order chi connectivity index (χ1) is 9.26. The van der Waals surface area contributed by atoms with Crippen LogP contribution in [-0.4, -0.2) is 30.1 Å². The summed E-state index contributed by atoms with van der Waals surface area (Å²) in [6.07, 6.45) is 4.98. The minimum Gasteiger partial charge on any atom is -0.310 e. The molecule has 2 fully saturated rings. The molecular weight excluding hydrogens is 239 g/mol. The van der Waals surface area contributed by atoms with Crippen molar-refractivity contribution in [1.82, 2.24) is 10.2 Å². The van der Waals surface area contributed by atoms with Gasteiger partial charge in [-0.2, -0.15) is 0 Å². The first-order valence-corrected chi connectivity index (χ1v) is 7.52. The largest absolute Gasteiger partial charge is 0.310 e. The summed E-state index contributed by atoms with van der Waals surface area (Å²) in [5.41, 5.74) is 1.25. The second-order valence-corrected chi connectivity index (χ2v) is 5.90. The summed E-state index contributed by atoms with van der Waals surface area (Å²) in [5.74, 6) is -0.143. The molecule has 0 radical (unpaired) electrons. The fourth-order valence-electron chi connectivity index (χ4n) is 3.64. The van der Waals surface area contributed by atoms with E-state index in [1.54, 1.807) is 12.1 Å². The molecule has 3 atom stereocenters. The van der Waals surface area contributed by atoms with E-state index in [1.807, 2.05) is 12.1 Å². The molecule has 2 aliphatic heterocycles. The van der Waals surface area contributed by atoms with Crippen molar-refractivity contribution in [2.45, 2.75) is 50.7 Å². The summed E-state index contributed by atoms with van der Waals surface area (Å²) in [7, 11) is 0. The number of rotatable bonds is 3. The Balaban J connectivity index is 1.76. The summed E-state index contributed by atoms with van der Waals surface area (Å²) in [4.78, 5) is 2.59. The molecule has 1 aromatic rings. The molecule has 2 nitrogen and oxygen atoms in total. The van der Waals surface area contributed by atoms with Crippen molar-refractivity contribution in [3.63, 3.8) is 0 Å². The highest BCUT2D eigenvalue weighted by atomic mass is 19.1. The predicted molar refractivity (Wildman–Crippen MR) is 75.6 cm³/mol. The van der Waals surface area contributed by atoms with Crippen LogP contribution in [0, 0.1) is 5.82 Å². The van der Waals surface area contributed by atoms with Crippen LogP contribution in [0.5, 0.6) is 0 Å². The lowest BCUT2D eigenvalue weighted by Crippen LogP contribution is -2.37. The van der Waals surface area contributed by atoms with Crippen LogP contribution in [0.4, 0.5) is 4.39 Å². The average molecular weight is 262 g/mol. The molecule has 0 spiro atoms. The molecule has 3 rings (SSSR count). The molecule has 3 heteroatoms. The highest BCUT2D eigenvalue weighted by Gasteiger charge is 2.31. The van der Waals surface area contributed by atoms with E-state index in [2.05, 4.69) is 17.1 Å². The first kappa shape index (κ1) is 13.1. The van der Waals surface area contributed by atoms with E-state index < -0.39 is 0 Å². The summed E-state index contributed by atoms with van der Waals surface area (Å²) >= 11 is 0. The maximum absolute atomic E-state index is 13.1. The number of nitrogens with one attached hydrogen (secondary N) is 1. The zero-order valence-electron chi connectivity index (χ0n) is 11.6. The molecule has 1 aromatic carbocycles. The van der Waals surface area contributed by atoms with Gasteiger partial charge in [0.1, 0.15) is 5.82 Å². The van der Waals surface area contributed by atoms with Crippen LogP contribution in [0.15, 0.2) is 24.3 Å². The van der Waals surface area contributed by atoms with Gasteiger partial charge in [0.2, 0.25) is 0 Å². The second-order valence-electron chi connectivity index (χ2n) is 5.90. The minimum absolute atomic E-state index is 0.143. The topological polar surface area (TPSA) is 15.3 Å². The monoisotopic (exact) mass is 262 g/mol. The zero-order valence-corrected chi connectivity index (χ0v) is 11.6.